The van der Waals surface area contributed by atoms with Crippen LogP contribution in [0.4, 0.5) is 5.69 Å². The van der Waals surface area contributed by atoms with Crippen molar-refractivity contribution in [2.45, 2.75) is 39.7 Å². The van der Waals surface area contributed by atoms with Crippen LogP contribution in [-0.4, -0.2) is 54.8 Å². The van der Waals surface area contributed by atoms with Crippen molar-refractivity contribution in [2.24, 2.45) is 0 Å². The first-order valence-corrected chi connectivity index (χ1v) is 11.0. The lowest BCUT2D eigenvalue weighted by Crippen LogP contribution is -2.52. The number of aryl methyl sites for hydroxylation is 2. The molecule has 2 amide bonds. The molecule has 32 heavy (non-hydrogen) atoms. The number of fused-ring (bicyclic) bond motifs is 1. The van der Waals surface area contributed by atoms with Gasteiger partial charge in [0.15, 0.2) is 19.0 Å². The Morgan fingerprint density at radius 1 is 1.09 bits per heavy atom. The van der Waals surface area contributed by atoms with Crippen molar-refractivity contribution in [1.29, 1.82) is 0 Å². The van der Waals surface area contributed by atoms with Crippen molar-refractivity contribution in [3.8, 4) is 11.5 Å². The molecule has 2 aliphatic rings. The van der Waals surface area contributed by atoms with Gasteiger partial charge >= 0.3 is 0 Å². The highest BCUT2D eigenvalue weighted by Crippen LogP contribution is 2.35. The lowest BCUT2D eigenvalue weighted by atomic mass is 10.1. The van der Waals surface area contributed by atoms with E-state index < -0.39 is 6.04 Å². The monoisotopic (exact) mass is 436 g/mol. The number of hydrogen-bond acceptors (Lipinski definition) is 5. The highest BCUT2D eigenvalue weighted by molar-refractivity contribution is 6.05. The third-order valence-electron chi connectivity index (χ3n) is 6.03. The summed E-state index contributed by atoms with van der Waals surface area (Å²) in [5, 5.41) is 0. The normalized spacial score (nSPS) is 16.4. The number of rotatable bonds is 6. The first-order valence-electron chi connectivity index (χ1n) is 11.0. The second-order valence-corrected chi connectivity index (χ2v) is 8.42. The standard InChI is InChI=1S/C25H28N2O5/c1-16-6-7-17(2)23(12-16)31-14-21(28)19-8-9-22-20(13-19)27(24(29)15-32-22)18(3)25(30)26-10-4-5-11-26/h6-9,12-13,18H,4-5,10-11,14-15H2,1-3H3. The van der Waals surface area contributed by atoms with Crippen molar-refractivity contribution in [3.05, 3.63) is 53.1 Å². The predicted molar refractivity (Wildman–Crippen MR) is 120 cm³/mol. The van der Waals surface area contributed by atoms with Gasteiger partial charge in [-0.05, 0) is 69.0 Å². The number of carbonyl (C=O) groups excluding carboxylic acids is 3. The van der Waals surface area contributed by atoms with Gasteiger partial charge < -0.3 is 14.4 Å². The molecule has 1 unspecified atom stereocenters. The molecule has 168 valence electrons. The molecule has 1 saturated heterocycles. The van der Waals surface area contributed by atoms with Crippen molar-refractivity contribution in [1.82, 2.24) is 4.90 Å². The van der Waals surface area contributed by atoms with Gasteiger partial charge in [-0.3, -0.25) is 19.3 Å². The third kappa shape index (κ3) is 4.33. The summed E-state index contributed by atoms with van der Waals surface area (Å²) in [4.78, 5) is 41.7. The van der Waals surface area contributed by atoms with Crippen LogP contribution in [0.1, 0.15) is 41.3 Å². The number of ketones is 1. The van der Waals surface area contributed by atoms with E-state index in [2.05, 4.69) is 0 Å². The number of Topliss-reactive ketones (excluding diaryl/α,β-unsaturated/α-hetero) is 1. The first kappa shape index (κ1) is 21.9. The number of anilines is 1. The third-order valence-corrected chi connectivity index (χ3v) is 6.03. The fourth-order valence-corrected chi connectivity index (χ4v) is 4.17. The van der Waals surface area contributed by atoms with Gasteiger partial charge in [0.25, 0.3) is 5.91 Å². The largest absolute Gasteiger partial charge is 0.485 e. The summed E-state index contributed by atoms with van der Waals surface area (Å²) >= 11 is 0. The Bertz CT molecular complexity index is 1060. The summed E-state index contributed by atoms with van der Waals surface area (Å²) in [6, 6.07) is 10.1. The van der Waals surface area contributed by atoms with Crippen LogP contribution in [0.2, 0.25) is 0 Å². The summed E-state index contributed by atoms with van der Waals surface area (Å²) in [6.07, 6.45) is 1.95. The molecule has 0 bridgehead atoms. The van der Waals surface area contributed by atoms with E-state index in [1.165, 1.54) is 4.90 Å². The van der Waals surface area contributed by atoms with Crippen LogP contribution in [0.3, 0.4) is 0 Å². The number of likely N-dealkylation sites (tertiary alicyclic amines) is 1. The van der Waals surface area contributed by atoms with Gasteiger partial charge in [0, 0.05) is 18.7 Å². The highest BCUT2D eigenvalue weighted by Gasteiger charge is 2.36. The molecule has 7 heteroatoms. The number of benzene rings is 2. The molecule has 0 radical (unpaired) electrons. The van der Waals surface area contributed by atoms with Gasteiger partial charge in [-0.2, -0.15) is 0 Å². The predicted octanol–water partition coefficient (Wildman–Crippen LogP) is 3.30. The Labute approximate surface area is 187 Å². The van der Waals surface area contributed by atoms with E-state index in [4.69, 9.17) is 9.47 Å². The Morgan fingerprint density at radius 2 is 1.84 bits per heavy atom. The zero-order valence-corrected chi connectivity index (χ0v) is 18.7. The van der Waals surface area contributed by atoms with Crippen LogP contribution < -0.4 is 14.4 Å². The lowest BCUT2D eigenvalue weighted by molar-refractivity contribution is -0.133. The van der Waals surface area contributed by atoms with Gasteiger partial charge in [-0.1, -0.05) is 12.1 Å². The van der Waals surface area contributed by atoms with Gasteiger partial charge in [-0.25, -0.2) is 0 Å². The van der Waals surface area contributed by atoms with Crippen molar-refractivity contribution in [3.63, 3.8) is 0 Å². The number of hydrogen-bond donors (Lipinski definition) is 0. The molecule has 0 N–H and O–H groups in total. The molecule has 1 fully saturated rings. The fraction of sp³-hybridized carbons (Fsp3) is 0.400. The average Bonchev–Trinajstić information content (AvgIpc) is 3.33. The van der Waals surface area contributed by atoms with Gasteiger partial charge in [-0.15, -0.1) is 0 Å². The molecule has 7 nitrogen and oxygen atoms in total. The minimum Gasteiger partial charge on any atom is -0.485 e. The number of ether oxygens (including phenoxy) is 2. The van der Waals surface area contributed by atoms with Crippen LogP contribution in [0, 0.1) is 13.8 Å². The topological polar surface area (TPSA) is 76.2 Å². The van der Waals surface area contributed by atoms with E-state index in [1.807, 2.05) is 32.0 Å². The SMILES string of the molecule is Cc1ccc(C)c(OCC(=O)c2ccc3c(c2)N(C(C)C(=O)N2CCCC2)C(=O)CO3)c1. The van der Waals surface area contributed by atoms with E-state index in [0.717, 1.165) is 24.0 Å². The second kappa shape index (κ2) is 9.02. The zero-order chi connectivity index (χ0) is 22.8. The quantitative estimate of drug-likeness (QED) is 0.650. The number of carbonyl (C=O) groups is 3. The molecule has 2 aromatic rings. The Balaban J connectivity index is 1.55. The van der Waals surface area contributed by atoms with Gasteiger partial charge in [0.2, 0.25) is 5.91 Å². The zero-order valence-electron chi connectivity index (χ0n) is 18.7. The summed E-state index contributed by atoms with van der Waals surface area (Å²) in [5.74, 6) is 0.552. The number of nitrogens with zero attached hydrogens (tertiary/aromatic N) is 2. The molecule has 0 aromatic heterocycles. The van der Waals surface area contributed by atoms with Gasteiger partial charge in [0.1, 0.15) is 17.5 Å². The minimum absolute atomic E-state index is 0.0846. The van der Waals surface area contributed by atoms with E-state index in [-0.39, 0.29) is 30.8 Å². The van der Waals surface area contributed by atoms with Crippen LogP contribution in [0.25, 0.3) is 0 Å². The smallest absolute Gasteiger partial charge is 0.265 e. The van der Waals surface area contributed by atoms with E-state index in [0.29, 0.717) is 35.8 Å². The Kier molecular flexibility index (Phi) is 6.17. The molecule has 2 aliphatic heterocycles. The second-order valence-electron chi connectivity index (χ2n) is 8.42. The molecule has 0 aliphatic carbocycles. The first-order chi connectivity index (χ1) is 15.3. The van der Waals surface area contributed by atoms with E-state index >= 15 is 0 Å². The average molecular weight is 437 g/mol. The number of amides is 2. The lowest BCUT2D eigenvalue weighted by Gasteiger charge is -2.35. The van der Waals surface area contributed by atoms with Crippen molar-refractivity contribution < 1.29 is 23.9 Å². The maximum Gasteiger partial charge on any atom is 0.265 e. The summed E-state index contributed by atoms with van der Waals surface area (Å²) in [5.41, 5.74) is 2.85. The van der Waals surface area contributed by atoms with E-state index in [9.17, 15) is 14.4 Å². The molecular weight excluding hydrogens is 408 g/mol. The van der Waals surface area contributed by atoms with E-state index in [1.54, 1.807) is 30.0 Å². The molecule has 4 rings (SSSR count). The molecule has 2 heterocycles. The van der Waals surface area contributed by atoms with Crippen molar-refractivity contribution >= 4 is 23.3 Å². The Hall–Kier alpha value is -3.35. The highest BCUT2D eigenvalue weighted by atomic mass is 16.5. The van der Waals surface area contributed by atoms with Gasteiger partial charge in [0.05, 0.1) is 5.69 Å². The summed E-state index contributed by atoms with van der Waals surface area (Å²) in [6.45, 7) is 6.79. The fourth-order valence-electron chi connectivity index (χ4n) is 4.17. The molecule has 0 saturated carbocycles. The maximum atomic E-state index is 12.9. The van der Waals surface area contributed by atoms with Crippen molar-refractivity contribution in [2.75, 3.05) is 31.2 Å². The van der Waals surface area contributed by atoms with Crippen LogP contribution >= 0.6 is 0 Å². The van der Waals surface area contributed by atoms with Crippen LogP contribution in [-0.2, 0) is 9.59 Å². The van der Waals surface area contributed by atoms with Crippen LogP contribution in [0.15, 0.2) is 36.4 Å². The minimum atomic E-state index is -0.667. The summed E-state index contributed by atoms with van der Waals surface area (Å²) in [7, 11) is 0. The summed E-state index contributed by atoms with van der Waals surface area (Å²) < 4.78 is 11.3. The molecule has 1 atom stereocenters. The molecule has 2 aromatic carbocycles. The Morgan fingerprint density at radius 3 is 2.59 bits per heavy atom. The molecular formula is C25H28N2O5. The maximum absolute atomic E-state index is 12.9. The van der Waals surface area contributed by atoms with Crippen LogP contribution in [0.5, 0.6) is 11.5 Å². The molecule has 0 spiro atoms.